The van der Waals surface area contributed by atoms with Crippen molar-refractivity contribution in [3.8, 4) is 11.5 Å². The number of methoxy groups -OCH3 is 1. The molecule has 7 heteroatoms. The Labute approximate surface area is 221 Å². The zero-order valence-corrected chi connectivity index (χ0v) is 21.5. The maximum Gasteiger partial charge on any atom is 0.343 e. The van der Waals surface area contributed by atoms with Crippen LogP contribution in [0.4, 0.5) is 15.8 Å². The molecule has 0 fully saturated rings. The largest absolute Gasteiger partial charge is 0.486 e. The number of hydrogen-bond donors (Lipinski definition) is 1. The van der Waals surface area contributed by atoms with Gasteiger partial charge in [-0.1, -0.05) is 48.5 Å². The zero-order chi connectivity index (χ0) is 26.5. The first-order valence-corrected chi connectivity index (χ1v) is 12.8. The monoisotopic (exact) mass is 514 g/mol. The van der Waals surface area contributed by atoms with Crippen LogP contribution >= 0.6 is 0 Å². The lowest BCUT2D eigenvalue weighted by Gasteiger charge is -2.36. The molecule has 1 aliphatic heterocycles. The molecule has 0 saturated heterocycles. The molecule has 4 aromatic carbocycles. The summed E-state index contributed by atoms with van der Waals surface area (Å²) in [7, 11) is 1.31. The van der Waals surface area contributed by atoms with E-state index in [1.807, 2.05) is 17.0 Å². The summed E-state index contributed by atoms with van der Waals surface area (Å²) >= 11 is 0. The molecule has 196 valence electrons. The molecule has 1 N–H and O–H groups in total. The van der Waals surface area contributed by atoms with Crippen LogP contribution in [-0.2, 0) is 9.53 Å². The minimum absolute atomic E-state index is 0.133. The number of carbonyl (C=O) groups excluding carboxylic acids is 1. The predicted molar refractivity (Wildman–Crippen MR) is 147 cm³/mol. The van der Waals surface area contributed by atoms with E-state index >= 15 is 0 Å². The van der Waals surface area contributed by atoms with Crippen LogP contribution < -0.4 is 19.7 Å². The molecular weight excluding hydrogens is 483 g/mol. The summed E-state index contributed by atoms with van der Waals surface area (Å²) in [4.78, 5) is 13.3. The number of esters is 1. The summed E-state index contributed by atoms with van der Waals surface area (Å²) in [6.45, 7) is 3.25. The Morgan fingerprint density at radius 3 is 2.63 bits per heavy atom. The molecule has 0 amide bonds. The number of ether oxygens (including phenoxy) is 3. The standard InChI is InChI=1S/C31H31FN2O4/c1-21(26-10-5-8-22-7-3-4-9-27(22)26)33-18-17-25-19-34(31-28(32)11-6-12-29(31)38-25)23-13-15-24(16-14-23)37-20-30(35)36-2/h3-16,21,25,33H,17-20H2,1-2H3/t21-,25?/m1/s1. The van der Waals surface area contributed by atoms with Gasteiger partial charge in [0.25, 0.3) is 0 Å². The number of fused-ring (bicyclic) bond motifs is 2. The van der Waals surface area contributed by atoms with Crippen molar-refractivity contribution >= 4 is 28.1 Å². The first-order chi connectivity index (χ1) is 18.5. The highest BCUT2D eigenvalue weighted by molar-refractivity contribution is 5.86. The molecule has 0 bridgehead atoms. The van der Waals surface area contributed by atoms with Crippen LogP contribution in [0, 0.1) is 5.82 Å². The average molecular weight is 515 g/mol. The van der Waals surface area contributed by atoms with Gasteiger partial charge < -0.3 is 24.4 Å². The van der Waals surface area contributed by atoms with E-state index in [4.69, 9.17) is 9.47 Å². The number of carbonyl (C=O) groups is 1. The quantitative estimate of drug-likeness (QED) is 0.270. The highest BCUT2D eigenvalue weighted by Crippen LogP contribution is 2.41. The smallest absolute Gasteiger partial charge is 0.343 e. The summed E-state index contributed by atoms with van der Waals surface area (Å²) in [5.74, 6) is 0.262. The molecule has 0 aromatic heterocycles. The number of para-hydroxylation sites is 1. The van der Waals surface area contributed by atoms with Crippen molar-refractivity contribution in [3.63, 3.8) is 0 Å². The number of nitrogens with one attached hydrogen (secondary N) is 1. The summed E-state index contributed by atoms with van der Waals surface area (Å²) < 4.78 is 31.2. The molecule has 1 unspecified atom stereocenters. The van der Waals surface area contributed by atoms with Crippen LogP contribution in [0.25, 0.3) is 10.8 Å². The molecule has 0 spiro atoms. The third kappa shape index (κ3) is 5.58. The van der Waals surface area contributed by atoms with Gasteiger partial charge in [0.2, 0.25) is 0 Å². The number of rotatable bonds is 9. The lowest BCUT2D eigenvalue weighted by atomic mass is 9.99. The van der Waals surface area contributed by atoms with Gasteiger partial charge in [0, 0.05) is 11.7 Å². The van der Waals surface area contributed by atoms with E-state index < -0.39 is 5.97 Å². The second kappa shape index (κ2) is 11.5. The fourth-order valence-corrected chi connectivity index (χ4v) is 4.87. The third-order valence-electron chi connectivity index (χ3n) is 6.84. The van der Waals surface area contributed by atoms with Crippen LogP contribution in [-0.4, -0.2) is 38.9 Å². The van der Waals surface area contributed by atoms with Crippen molar-refractivity contribution in [2.75, 3.05) is 31.7 Å². The molecular formula is C31H31FN2O4. The fourth-order valence-electron chi connectivity index (χ4n) is 4.87. The van der Waals surface area contributed by atoms with Crippen molar-refractivity contribution in [2.45, 2.75) is 25.5 Å². The summed E-state index contributed by atoms with van der Waals surface area (Å²) in [5, 5.41) is 6.11. The maximum absolute atomic E-state index is 14.9. The van der Waals surface area contributed by atoms with Crippen LogP contribution in [0.2, 0.25) is 0 Å². The van der Waals surface area contributed by atoms with E-state index in [2.05, 4.69) is 59.4 Å². The molecule has 2 atom stereocenters. The zero-order valence-electron chi connectivity index (χ0n) is 21.5. The maximum atomic E-state index is 14.9. The number of anilines is 2. The first kappa shape index (κ1) is 25.5. The normalized spacial score (nSPS) is 15.4. The van der Waals surface area contributed by atoms with Crippen LogP contribution in [0.15, 0.2) is 84.9 Å². The second-order valence-electron chi connectivity index (χ2n) is 9.33. The van der Waals surface area contributed by atoms with E-state index in [0.717, 1.165) is 18.7 Å². The van der Waals surface area contributed by atoms with Crippen LogP contribution in [0.3, 0.4) is 0 Å². The van der Waals surface area contributed by atoms with Crippen molar-refractivity contribution in [3.05, 3.63) is 96.3 Å². The van der Waals surface area contributed by atoms with Gasteiger partial charge in [-0.3, -0.25) is 0 Å². The Morgan fingerprint density at radius 2 is 1.82 bits per heavy atom. The Balaban J connectivity index is 1.27. The van der Waals surface area contributed by atoms with E-state index in [1.165, 1.54) is 29.5 Å². The van der Waals surface area contributed by atoms with Gasteiger partial charge in [0.05, 0.1) is 13.7 Å². The Kier molecular flexibility index (Phi) is 7.75. The van der Waals surface area contributed by atoms with Gasteiger partial charge >= 0.3 is 5.97 Å². The molecule has 38 heavy (non-hydrogen) atoms. The molecule has 0 saturated carbocycles. The highest BCUT2D eigenvalue weighted by Gasteiger charge is 2.29. The van der Waals surface area contributed by atoms with Gasteiger partial charge in [-0.05, 0) is 72.6 Å². The minimum atomic E-state index is -0.454. The number of halogens is 1. The van der Waals surface area contributed by atoms with Crippen molar-refractivity contribution in [2.24, 2.45) is 0 Å². The van der Waals surface area contributed by atoms with E-state index in [9.17, 15) is 9.18 Å². The predicted octanol–water partition coefficient (Wildman–Crippen LogP) is 6.17. The fraction of sp³-hybridized carbons (Fsp3) is 0.258. The summed E-state index contributed by atoms with van der Waals surface area (Å²) in [6.07, 6.45) is 0.619. The van der Waals surface area contributed by atoms with Gasteiger partial charge in [-0.25, -0.2) is 9.18 Å². The Morgan fingerprint density at radius 1 is 1.05 bits per heavy atom. The van der Waals surface area contributed by atoms with Gasteiger partial charge in [0.15, 0.2) is 12.4 Å². The molecule has 0 radical (unpaired) electrons. The minimum Gasteiger partial charge on any atom is -0.486 e. The molecule has 1 aliphatic rings. The summed E-state index contributed by atoms with van der Waals surface area (Å²) in [5.41, 5.74) is 2.49. The third-order valence-corrected chi connectivity index (χ3v) is 6.84. The van der Waals surface area contributed by atoms with Gasteiger partial charge in [-0.2, -0.15) is 0 Å². The van der Waals surface area contributed by atoms with Gasteiger partial charge in [-0.15, -0.1) is 0 Å². The molecule has 4 aromatic rings. The molecule has 5 rings (SSSR count). The lowest BCUT2D eigenvalue weighted by Crippen LogP contribution is -2.39. The average Bonchev–Trinajstić information content (AvgIpc) is 2.95. The van der Waals surface area contributed by atoms with Crippen molar-refractivity contribution in [1.82, 2.24) is 5.32 Å². The lowest BCUT2D eigenvalue weighted by molar-refractivity contribution is -0.142. The Bertz CT molecular complexity index is 1400. The van der Waals surface area contributed by atoms with E-state index in [1.54, 1.807) is 24.3 Å². The molecule has 0 aliphatic carbocycles. The summed E-state index contributed by atoms with van der Waals surface area (Å²) in [6, 6.07) is 27.1. The Hall–Kier alpha value is -4.10. The van der Waals surface area contributed by atoms with Gasteiger partial charge in [0.1, 0.15) is 23.3 Å². The molecule has 6 nitrogen and oxygen atoms in total. The van der Waals surface area contributed by atoms with Crippen LogP contribution in [0.1, 0.15) is 24.9 Å². The number of benzene rings is 4. The second-order valence-corrected chi connectivity index (χ2v) is 9.33. The number of nitrogens with zero attached hydrogens (tertiary/aromatic N) is 1. The van der Waals surface area contributed by atoms with Crippen molar-refractivity contribution in [1.29, 1.82) is 0 Å². The molecule has 1 heterocycles. The van der Waals surface area contributed by atoms with E-state index in [0.29, 0.717) is 23.7 Å². The first-order valence-electron chi connectivity index (χ1n) is 12.8. The highest BCUT2D eigenvalue weighted by atomic mass is 19.1. The van der Waals surface area contributed by atoms with E-state index in [-0.39, 0.29) is 24.6 Å². The van der Waals surface area contributed by atoms with Crippen LogP contribution in [0.5, 0.6) is 11.5 Å². The number of hydrogen-bond acceptors (Lipinski definition) is 6. The van der Waals surface area contributed by atoms with Crippen molar-refractivity contribution < 1.29 is 23.4 Å². The topological polar surface area (TPSA) is 60.0 Å². The SMILES string of the molecule is COC(=O)COc1ccc(N2CC(CCN[C@H](C)c3cccc4ccccc34)Oc3cccc(F)c32)cc1.